The molecule has 0 aliphatic heterocycles. The van der Waals surface area contributed by atoms with Crippen molar-refractivity contribution in [1.82, 2.24) is 5.32 Å². The third-order valence-electron chi connectivity index (χ3n) is 2.66. The van der Waals surface area contributed by atoms with Gasteiger partial charge in [-0.15, -0.1) is 0 Å². The van der Waals surface area contributed by atoms with Gasteiger partial charge >= 0.3 is 5.97 Å². The number of halogens is 1. The average molecular weight is 322 g/mol. The van der Waals surface area contributed by atoms with Gasteiger partial charge in [0.15, 0.2) is 6.61 Å². The summed E-state index contributed by atoms with van der Waals surface area (Å²) in [5.41, 5.74) is 0.439. The first-order valence-electron chi connectivity index (χ1n) is 5.68. The molecule has 0 atom stereocenters. The SMILES string of the molecule is CNC(=O)COC(=O)c1cc(Br)cc2ccccc12. The van der Waals surface area contributed by atoms with Crippen molar-refractivity contribution in [3.05, 3.63) is 46.4 Å². The molecule has 0 aliphatic rings. The van der Waals surface area contributed by atoms with Crippen LogP contribution in [0.5, 0.6) is 0 Å². The van der Waals surface area contributed by atoms with E-state index in [1.165, 1.54) is 7.05 Å². The van der Waals surface area contributed by atoms with Crippen LogP contribution in [0.3, 0.4) is 0 Å². The molecule has 0 aromatic heterocycles. The Kier molecular flexibility index (Phi) is 4.16. The highest BCUT2D eigenvalue weighted by atomic mass is 79.9. The molecule has 0 fully saturated rings. The topological polar surface area (TPSA) is 55.4 Å². The number of hydrogen-bond acceptors (Lipinski definition) is 3. The zero-order valence-corrected chi connectivity index (χ0v) is 11.9. The highest BCUT2D eigenvalue weighted by Crippen LogP contribution is 2.24. The Morgan fingerprint density at radius 2 is 2.00 bits per heavy atom. The van der Waals surface area contributed by atoms with Gasteiger partial charge in [0.2, 0.25) is 0 Å². The highest BCUT2D eigenvalue weighted by molar-refractivity contribution is 9.10. The monoisotopic (exact) mass is 321 g/mol. The summed E-state index contributed by atoms with van der Waals surface area (Å²) in [7, 11) is 1.49. The van der Waals surface area contributed by atoms with Crippen LogP contribution in [-0.4, -0.2) is 25.5 Å². The molecule has 0 aliphatic carbocycles. The first kappa shape index (κ1) is 13.5. The molecule has 2 aromatic carbocycles. The van der Waals surface area contributed by atoms with Crippen molar-refractivity contribution in [1.29, 1.82) is 0 Å². The maximum Gasteiger partial charge on any atom is 0.339 e. The van der Waals surface area contributed by atoms with Crippen molar-refractivity contribution in [3.63, 3.8) is 0 Å². The van der Waals surface area contributed by atoms with Crippen molar-refractivity contribution >= 4 is 38.6 Å². The van der Waals surface area contributed by atoms with Crippen LogP contribution in [0.25, 0.3) is 10.8 Å². The Bertz CT molecular complexity index is 640. The number of rotatable bonds is 3. The van der Waals surface area contributed by atoms with E-state index in [2.05, 4.69) is 21.2 Å². The van der Waals surface area contributed by atoms with E-state index in [0.717, 1.165) is 15.2 Å². The molecule has 2 rings (SSSR count). The van der Waals surface area contributed by atoms with Gasteiger partial charge in [-0.1, -0.05) is 40.2 Å². The number of benzene rings is 2. The number of likely N-dealkylation sites (N-methyl/N-ethyl adjacent to an activating group) is 1. The van der Waals surface area contributed by atoms with Crippen LogP contribution >= 0.6 is 15.9 Å². The summed E-state index contributed by atoms with van der Waals surface area (Å²) < 4.78 is 5.76. The van der Waals surface area contributed by atoms with E-state index in [-0.39, 0.29) is 12.5 Å². The number of ether oxygens (including phenoxy) is 1. The molecule has 0 unspecified atom stereocenters. The second-order valence-electron chi connectivity index (χ2n) is 3.92. The number of carbonyl (C=O) groups excluding carboxylic acids is 2. The zero-order chi connectivity index (χ0) is 13.8. The fraction of sp³-hybridized carbons (Fsp3) is 0.143. The lowest BCUT2D eigenvalue weighted by Crippen LogP contribution is -2.25. The molecule has 1 amide bonds. The predicted molar refractivity (Wildman–Crippen MR) is 76.0 cm³/mol. The number of fused-ring (bicyclic) bond motifs is 1. The summed E-state index contributed by atoms with van der Waals surface area (Å²) in [6.45, 7) is -0.282. The van der Waals surface area contributed by atoms with Crippen LogP contribution in [-0.2, 0) is 9.53 Å². The van der Waals surface area contributed by atoms with E-state index in [0.29, 0.717) is 5.56 Å². The van der Waals surface area contributed by atoms with Crippen molar-refractivity contribution in [2.24, 2.45) is 0 Å². The third kappa shape index (κ3) is 3.12. The Morgan fingerprint density at radius 3 is 2.74 bits per heavy atom. The zero-order valence-electron chi connectivity index (χ0n) is 10.3. The van der Waals surface area contributed by atoms with Crippen molar-refractivity contribution in [2.75, 3.05) is 13.7 Å². The number of nitrogens with one attached hydrogen (secondary N) is 1. The molecule has 5 heteroatoms. The predicted octanol–water partition coefficient (Wildman–Crippen LogP) is 2.51. The maximum absolute atomic E-state index is 12.0. The van der Waals surface area contributed by atoms with Gasteiger partial charge in [0.25, 0.3) is 5.91 Å². The maximum atomic E-state index is 12.0. The van der Waals surface area contributed by atoms with Crippen molar-refractivity contribution < 1.29 is 14.3 Å². The normalized spacial score (nSPS) is 10.2. The van der Waals surface area contributed by atoms with Gasteiger partial charge in [-0.3, -0.25) is 4.79 Å². The molecule has 0 spiro atoms. The van der Waals surface area contributed by atoms with E-state index in [9.17, 15) is 9.59 Å². The summed E-state index contributed by atoms with van der Waals surface area (Å²) in [6.07, 6.45) is 0. The highest BCUT2D eigenvalue weighted by Gasteiger charge is 2.13. The number of amides is 1. The summed E-state index contributed by atoms with van der Waals surface area (Å²) in [6, 6.07) is 11.1. The molecule has 0 saturated heterocycles. The Hall–Kier alpha value is -1.88. The summed E-state index contributed by atoms with van der Waals surface area (Å²) in [5.74, 6) is -0.853. The number of carbonyl (C=O) groups is 2. The van der Waals surface area contributed by atoms with E-state index in [4.69, 9.17) is 4.74 Å². The first-order valence-corrected chi connectivity index (χ1v) is 6.47. The van der Waals surface area contributed by atoms with Gasteiger partial charge in [-0.05, 0) is 22.9 Å². The smallest absolute Gasteiger partial charge is 0.339 e. The second kappa shape index (κ2) is 5.84. The summed E-state index contributed by atoms with van der Waals surface area (Å²) in [4.78, 5) is 23.1. The lowest BCUT2D eigenvalue weighted by molar-refractivity contribution is -0.123. The minimum Gasteiger partial charge on any atom is -0.452 e. The molecule has 19 heavy (non-hydrogen) atoms. The standard InChI is InChI=1S/C14H12BrNO3/c1-16-13(17)8-19-14(18)12-7-10(15)6-9-4-2-3-5-11(9)12/h2-7H,8H2,1H3,(H,16,17). The van der Waals surface area contributed by atoms with E-state index in [1.54, 1.807) is 6.07 Å². The van der Waals surface area contributed by atoms with Crippen molar-refractivity contribution in [2.45, 2.75) is 0 Å². The van der Waals surface area contributed by atoms with Crippen LogP contribution in [0.4, 0.5) is 0 Å². The molecule has 0 radical (unpaired) electrons. The quantitative estimate of drug-likeness (QED) is 0.884. The van der Waals surface area contributed by atoms with Crippen LogP contribution in [0.1, 0.15) is 10.4 Å². The fourth-order valence-corrected chi connectivity index (χ4v) is 2.20. The van der Waals surface area contributed by atoms with Gasteiger partial charge in [-0.25, -0.2) is 4.79 Å². The molecule has 0 saturated carbocycles. The molecule has 2 aromatic rings. The van der Waals surface area contributed by atoms with E-state index in [1.807, 2.05) is 30.3 Å². The van der Waals surface area contributed by atoms with Gasteiger partial charge in [-0.2, -0.15) is 0 Å². The van der Waals surface area contributed by atoms with Crippen LogP contribution in [0.2, 0.25) is 0 Å². The molecule has 0 heterocycles. The van der Waals surface area contributed by atoms with Gasteiger partial charge in [0.1, 0.15) is 0 Å². The number of esters is 1. The first-order chi connectivity index (χ1) is 9.11. The van der Waals surface area contributed by atoms with E-state index < -0.39 is 5.97 Å². The lowest BCUT2D eigenvalue weighted by atomic mass is 10.0. The van der Waals surface area contributed by atoms with Crippen LogP contribution < -0.4 is 5.32 Å². The molecule has 0 bridgehead atoms. The van der Waals surface area contributed by atoms with Gasteiger partial charge in [0, 0.05) is 11.5 Å². The largest absolute Gasteiger partial charge is 0.452 e. The van der Waals surface area contributed by atoms with Crippen LogP contribution in [0.15, 0.2) is 40.9 Å². The molecular weight excluding hydrogens is 310 g/mol. The summed E-state index contributed by atoms with van der Waals surface area (Å²) in [5, 5.41) is 4.13. The third-order valence-corrected chi connectivity index (χ3v) is 3.12. The Morgan fingerprint density at radius 1 is 1.26 bits per heavy atom. The summed E-state index contributed by atoms with van der Waals surface area (Å²) >= 11 is 3.36. The minimum absolute atomic E-state index is 0.282. The molecule has 1 N–H and O–H groups in total. The molecular formula is C14H12BrNO3. The number of hydrogen-bond donors (Lipinski definition) is 1. The molecule has 4 nitrogen and oxygen atoms in total. The van der Waals surface area contributed by atoms with Crippen molar-refractivity contribution in [3.8, 4) is 0 Å². The molecule has 98 valence electrons. The van der Waals surface area contributed by atoms with Gasteiger partial charge in [0.05, 0.1) is 5.56 Å². The fourth-order valence-electron chi connectivity index (χ4n) is 1.72. The Labute approximate surface area is 118 Å². The second-order valence-corrected chi connectivity index (χ2v) is 4.84. The Balaban J connectivity index is 2.33. The lowest BCUT2D eigenvalue weighted by Gasteiger charge is -2.08. The van der Waals surface area contributed by atoms with E-state index >= 15 is 0 Å². The van der Waals surface area contributed by atoms with Gasteiger partial charge < -0.3 is 10.1 Å². The van der Waals surface area contributed by atoms with Crippen LogP contribution in [0, 0.1) is 0 Å². The average Bonchev–Trinajstić information content (AvgIpc) is 2.43. The minimum atomic E-state index is -0.513.